The highest BCUT2D eigenvalue weighted by molar-refractivity contribution is 5.32. The molecule has 0 amide bonds. The van der Waals surface area contributed by atoms with Crippen molar-refractivity contribution in [1.82, 2.24) is 5.32 Å². The summed E-state index contributed by atoms with van der Waals surface area (Å²) in [7, 11) is 0. The maximum Gasteiger partial charge on any atom is 0.00428 e. The molecular weight excluding hydrogens is 206 g/mol. The predicted octanol–water partition coefficient (Wildman–Crippen LogP) is 3.65. The van der Waals surface area contributed by atoms with Crippen molar-refractivity contribution in [3.8, 4) is 0 Å². The van der Waals surface area contributed by atoms with Gasteiger partial charge in [-0.1, -0.05) is 43.7 Å². The Hall–Kier alpha value is -1.08. The zero-order chi connectivity index (χ0) is 12.9. The fourth-order valence-corrected chi connectivity index (χ4v) is 2.04. The predicted molar refractivity (Wildman–Crippen MR) is 76.5 cm³/mol. The normalized spacial score (nSPS) is 14.4. The lowest BCUT2D eigenvalue weighted by Gasteiger charge is -2.27. The van der Waals surface area contributed by atoms with Crippen molar-refractivity contribution in [1.29, 1.82) is 0 Å². The lowest BCUT2D eigenvalue weighted by molar-refractivity contribution is 0.395. The summed E-state index contributed by atoms with van der Waals surface area (Å²) >= 11 is 0. The van der Waals surface area contributed by atoms with Gasteiger partial charge in [0.2, 0.25) is 0 Å². The topological polar surface area (TPSA) is 12.0 Å². The summed E-state index contributed by atoms with van der Waals surface area (Å²) in [6, 6.07) is 6.68. The Balaban J connectivity index is 2.86. The Labute approximate surface area is 106 Å². The molecule has 0 saturated heterocycles. The standard InChI is InChI=1S/C16H25N/c1-6-16(5,12-17-7-2)11-15-10-13(3)8-9-14(15)4/h6,8-10,17H,1,7,11-12H2,2-5H3. The van der Waals surface area contributed by atoms with E-state index in [1.54, 1.807) is 0 Å². The highest BCUT2D eigenvalue weighted by Crippen LogP contribution is 2.25. The van der Waals surface area contributed by atoms with Gasteiger partial charge in [-0.15, -0.1) is 6.58 Å². The van der Waals surface area contributed by atoms with Crippen LogP contribution in [0.3, 0.4) is 0 Å². The molecule has 1 aromatic rings. The minimum Gasteiger partial charge on any atom is -0.316 e. The van der Waals surface area contributed by atoms with Crippen LogP contribution in [0, 0.1) is 19.3 Å². The fraction of sp³-hybridized carbons (Fsp3) is 0.500. The van der Waals surface area contributed by atoms with E-state index in [-0.39, 0.29) is 5.41 Å². The molecule has 0 aliphatic rings. The molecule has 1 N–H and O–H groups in total. The molecule has 0 radical (unpaired) electrons. The van der Waals surface area contributed by atoms with Crippen molar-refractivity contribution in [3.05, 3.63) is 47.5 Å². The minimum absolute atomic E-state index is 0.133. The van der Waals surface area contributed by atoms with E-state index in [9.17, 15) is 0 Å². The zero-order valence-corrected chi connectivity index (χ0v) is 11.6. The van der Waals surface area contributed by atoms with Crippen LogP contribution >= 0.6 is 0 Å². The van der Waals surface area contributed by atoms with Crippen LogP contribution in [-0.2, 0) is 6.42 Å². The Morgan fingerprint density at radius 3 is 2.65 bits per heavy atom. The van der Waals surface area contributed by atoms with Crippen LogP contribution in [0.25, 0.3) is 0 Å². The number of benzene rings is 1. The first-order valence-corrected chi connectivity index (χ1v) is 6.41. The molecule has 0 fully saturated rings. The van der Waals surface area contributed by atoms with Crippen molar-refractivity contribution < 1.29 is 0 Å². The average molecular weight is 231 g/mol. The van der Waals surface area contributed by atoms with E-state index in [0.717, 1.165) is 19.5 Å². The summed E-state index contributed by atoms with van der Waals surface area (Å²) < 4.78 is 0. The number of nitrogens with one attached hydrogen (secondary N) is 1. The van der Waals surface area contributed by atoms with E-state index in [4.69, 9.17) is 0 Å². The van der Waals surface area contributed by atoms with E-state index in [1.165, 1.54) is 16.7 Å². The molecule has 17 heavy (non-hydrogen) atoms. The first-order chi connectivity index (χ1) is 8.00. The smallest absolute Gasteiger partial charge is 0.00428 e. The third-order valence-electron chi connectivity index (χ3n) is 3.37. The van der Waals surface area contributed by atoms with E-state index >= 15 is 0 Å². The van der Waals surface area contributed by atoms with E-state index in [0.29, 0.717) is 0 Å². The van der Waals surface area contributed by atoms with E-state index in [1.807, 2.05) is 0 Å². The lowest BCUT2D eigenvalue weighted by Crippen LogP contribution is -2.32. The molecule has 0 aliphatic carbocycles. The van der Waals surface area contributed by atoms with Crippen LogP contribution in [0.15, 0.2) is 30.9 Å². The molecule has 1 unspecified atom stereocenters. The van der Waals surface area contributed by atoms with Gasteiger partial charge in [-0.3, -0.25) is 0 Å². The van der Waals surface area contributed by atoms with Gasteiger partial charge in [0.05, 0.1) is 0 Å². The van der Waals surface area contributed by atoms with Gasteiger partial charge in [-0.25, -0.2) is 0 Å². The second kappa shape index (κ2) is 6.02. The van der Waals surface area contributed by atoms with Gasteiger partial charge in [-0.2, -0.15) is 0 Å². The maximum atomic E-state index is 3.99. The van der Waals surface area contributed by atoms with Crippen LogP contribution in [0.4, 0.5) is 0 Å². The molecule has 0 aliphatic heterocycles. The summed E-state index contributed by atoms with van der Waals surface area (Å²) in [6.45, 7) is 14.7. The minimum atomic E-state index is 0.133. The van der Waals surface area contributed by atoms with E-state index in [2.05, 4.69) is 63.9 Å². The molecule has 0 aromatic heterocycles. The monoisotopic (exact) mass is 231 g/mol. The van der Waals surface area contributed by atoms with Crippen LogP contribution in [0.5, 0.6) is 0 Å². The second-order valence-corrected chi connectivity index (χ2v) is 5.25. The lowest BCUT2D eigenvalue weighted by atomic mass is 9.82. The third kappa shape index (κ3) is 4.01. The third-order valence-corrected chi connectivity index (χ3v) is 3.37. The Bertz CT molecular complexity index is 381. The molecule has 1 rings (SSSR count). The molecule has 94 valence electrons. The number of aryl methyl sites for hydroxylation is 2. The van der Waals surface area contributed by atoms with Gasteiger partial charge in [0, 0.05) is 12.0 Å². The highest BCUT2D eigenvalue weighted by atomic mass is 14.9. The maximum absolute atomic E-state index is 3.99. The van der Waals surface area contributed by atoms with Gasteiger partial charge >= 0.3 is 0 Å². The molecular formula is C16H25N. The highest BCUT2D eigenvalue weighted by Gasteiger charge is 2.21. The van der Waals surface area contributed by atoms with Gasteiger partial charge in [0.25, 0.3) is 0 Å². The quantitative estimate of drug-likeness (QED) is 0.737. The van der Waals surface area contributed by atoms with Crippen molar-refractivity contribution >= 4 is 0 Å². The van der Waals surface area contributed by atoms with Crippen molar-refractivity contribution in [2.45, 2.75) is 34.1 Å². The van der Waals surface area contributed by atoms with E-state index < -0.39 is 0 Å². The Morgan fingerprint density at radius 1 is 1.35 bits per heavy atom. The molecule has 1 atom stereocenters. The molecule has 1 nitrogen and oxygen atoms in total. The first kappa shape index (κ1) is 14.0. The van der Waals surface area contributed by atoms with Gasteiger partial charge in [-0.05, 0) is 37.9 Å². The summed E-state index contributed by atoms with van der Waals surface area (Å²) in [5.74, 6) is 0. The number of hydrogen-bond donors (Lipinski definition) is 1. The van der Waals surface area contributed by atoms with Crippen LogP contribution in [-0.4, -0.2) is 13.1 Å². The molecule has 1 heteroatoms. The van der Waals surface area contributed by atoms with Gasteiger partial charge < -0.3 is 5.32 Å². The second-order valence-electron chi connectivity index (χ2n) is 5.25. The largest absolute Gasteiger partial charge is 0.316 e. The summed E-state index contributed by atoms with van der Waals surface area (Å²) in [5, 5.41) is 3.42. The van der Waals surface area contributed by atoms with Crippen molar-refractivity contribution in [2.75, 3.05) is 13.1 Å². The van der Waals surface area contributed by atoms with Gasteiger partial charge in [0.15, 0.2) is 0 Å². The molecule has 0 bridgehead atoms. The number of rotatable bonds is 6. The SMILES string of the molecule is C=CC(C)(CNCC)Cc1cc(C)ccc1C. The Morgan fingerprint density at radius 2 is 2.06 bits per heavy atom. The molecule has 0 saturated carbocycles. The summed E-state index contributed by atoms with van der Waals surface area (Å²) in [6.07, 6.45) is 3.13. The van der Waals surface area contributed by atoms with Crippen molar-refractivity contribution in [3.63, 3.8) is 0 Å². The van der Waals surface area contributed by atoms with Crippen molar-refractivity contribution in [2.24, 2.45) is 5.41 Å². The average Bonchev–Trinajstić information content (AvgIpc) is 2.31. The molecule has 0 spiro atoms. The number of hydrogen-bond acceptors (Lipinski definition) is 1. The first-order valence-electron chi connectivity index (χ1n) is 6.41. The van der Waals surface area contributed by atoms with Crippen LogP contribution in [0.1, 0.15) is 30.5 Å². The summed E-state index contributed by atoms with van der Waals surface area (Å²) in [4.78, 5) is 0. The molecule has 0 heterocycles. The van der Waals surface area contributed by atoms with Crippen LogP contribution in [0.2, 0.25) is 0 Å². The van der Waals surface area contributed by atoms with Crippen LogP contribution < -0.4 is 5.32 Å². The Kier molecular flexibility index (Phi) is 4.95. The fourth-order valence-electron chi connectivity index (χ4n) is 2.04. The molecule has 1 aromatic carbocycles. The summed E-state index contributed by atoms with van der Waals surface area (Å²) in [5.41, 5.74) is 4.28. The zero-order valence-electron chi connectivity index (χ0n) is 11.6. The van der Waals surface area contributed by atoms with Gasteiger partial charge in [0.1, 0.15) is 0 Å².